The van der Waals surface area contributed by atoms with Crippen LogP contribution < -0.4 is 22.3 Å². The van der Waals surface area contributed by atoms with Gasteiger partial charge >= 0.3 is 0 Å². The summed E-state index contributed by atoms with van der Waals surface area (Å²) in [6.07, 6.45) is 1.40. The molecule has 1 rings (SSSR count). The Bertz CT molecular complexity index is 384. The van der Waals surface area contributed by atoms with Gasteiger partial charge in [-0.15, -0.1) is 0 Å². The summed E-state index contributed by atoms with van der Waals surface area (Å²) < 4.78 is 4.99. The van der Waals surface area contributed by atoms with E-state index in [1.54, 1.807) is 0 Å². The second-order valence-electron chi connectivity index (χ2n) is 3.29. The zero-order chi connectivity index (χ0) is 12.7. The van der Waals surface area contributed by atoms with Crippen LogP contribution in [0, 0.1) is 6.92 Å². The summed E-state index contributed by atoms with van der Waals surface area (Å²) in [7, 11) is 0. The SMILES string of the molecule is Cc1c(NN)ncnc1NCCOCC(N)=O. The van der Waals surface area contributed by atoms with Crippen molar-refractivity contribution in [1.29, 1.82) is 0 Å². The standard InChI is InChI=1S/C9H16N6O2/c1-6-8(13-5-14-9(6)15-11)12-2-3-17-4-7(10)16/h5H,2-4,11H2,1H3,(H2,10,16)(H2,12,13,14,15). The summed E-state index contributed by atoms with van der Waals surface area (Å²) in [5.41, 5.74) is 8.20. The molecule has 1 aromatic heterocycles. The molecule has 1 amide bonds. The number of carbonyl (C=O) groups excluding carboxylic acids is 1. The van der Waals surface area contributed by atoms with Crippen molar-refractivity contribution in [1.82, 2.24) is 9.97 Å². The Hall–Kier alpha value is -1.93. The van der Waals surface area contributed by atoms with Crippen LogP contribution in [-0.4, -0.2) is 35.6 Å². The van der Waals surface area contributed by atoms with Crippen LogP contribution in [0.3, 0.4) is 0 Å². The minimum atomic E-state index is -0.488. The van der Waals surface area contributed by atoms with Crippen molar-refractivity contribution < 1.29 is 9.53 Å². The van der Waals surface area contributed by atoms with Crippen molar-refractivity contribution in [3.63, 3.8) is 0 Å². The van der Waals surface area contributed by atoms with Crippen LogP contribution in [0.15, 0.2) is 6.33 Å². The lowest BCUT2D eigenvalue weighted by Crippen LogP contribution is -2.21. The van der Waals surface area contributed by atoms with Gasteiger partial charge in [-0.3, -0.25) is 4.79 Å². The summed E-state index contributed by atoms with van der Waals surface area (Å²) in [6.45, 7) is 2.62. The van der Waals surface area contributed by atoms with E-state index in [0.717, 1.165) is 5.56 Å². The minimum Gasteiger partial charge on any atom is -0.370 e. The maximum absolute atomic E-state index is 10.4. The first-order chi connectivity index (χ1) is 8.15. The fraction of sp³-hybridized carbons (Fsp3) is 0.444. The number of nitrogen functional groups attached to an aromatic ring is 1. The summed E-state index contributed by atoms with van der Waals surface area (Å²) in [5, 5.41) is 3.04. The predicted molar refractivity (Wildman–Crippen MR) is 63.1 cm³/mol. The first-order valence-electron chi connectivity index (χ1n) is 5.03. The molecule has 0 atom stereocenters. The molecule has 1 aromatic rings. The second-order valence-corrected chi connectivity index (χ2v) is 3.29. The largest absolute Gasteiger partial charge is 0.370 e. The quantitative estimate of drug-likeness (QED) is 0.273. The number of nitrogens with zero attached hydrogens (tertiary/aromatic N) is 2. The van der Waals surface area contributed by atoms with Gasteiger partial charge in [-0.25, -0.2) is 15.8 Å². The van der Waals surface area contributed by atoms with Gasteiger partial charge in [-0.05, 0) is 6.92 Å². The average molecular weight is 240 g/mol. The lowest BCUT2D eigenvalue weighted by Gasteiger charge is -2.10. The van der Waals surface area contributed by atoms with Crippen LogP contribution in [0.5, 0.6) is 0 Å². The molecule has 0 bridgehead atoms. The van der Waals surface area contributed by atoms with Gasteiger partial charge in [-0.2, -0.15) is 0 Å². The zero-order valence-electron chi connectivity index (χ0n) is 9.56. The van der Waals surface area contributed by atoms with Crippen LogP contribution in [-0.2, 0) is 9.53 Å². The number of rotatable bonds is 7. The van der Waals surface area contributed by atoms with Gasteiger partial charge in [0.05, 0.1) is 6.61 Å². The van der Waals surface area contributed by atoms with E-state index in [9.17, 15) is 4.79 Å². The second kappa shape index (κ2) is 6.61. The monoisotopic (exact) mass is 240 g/mol. The number of amides is 1. The number of hydrazine groups is 1. The third-order valence-corrected chi connectivity index (χ3v) is 2.00. The molecule has 0 saturated heterocycles. The van der Waals surface area contributed by atoms with E-state index < -0.39 is 5.91 Å². The van der Waals surface area contributed by atoms with Crippen molar-refractivity contribution in [2.45, 2.75) is 6.92 Å². The predicted octanol–water partition coefficient (Wildman–Crippen LogP) is -1.02. The van der Waals surface area contributed by atoms with Gasteiger partial charge in [0.2, 0.25) is 5.91 Å². The molecule has 0 aliphatic heterocycles. The zero-order valence-corrected chi connectivity index (χ0v) is 9.56. The van der Waals surface area contributed by atoms with Crippen LogP contribution >= 0.6 is 0 Å². The molecule has 0 aromatic carbocycles. The molecular weight excluding hydrogens is 224 g/mol. The number of ether oxygens (including phenoxy) is 1. The van der Waals surface area contributed by atoms with E-state index >= 15 is 0 Å². The number of nitrogens with two attached hydrogens (primary N) is 2. The molecule has 0 fully saturated rings. The van der Waals surface area contributed by atoms with E-state index in [2.05, 4.69) is 20.7 Å². The normalized spacial score (nSPS) is 10.0. The molecule has 0 spiro atoms. The molecule has 8 nitrogen and oxygen atoms in total. The Morgan fingerprint density at radius 3 is 2.82 bits per heavy atom. The molecule has 1 heterocycles. The smallest absolute Gasteiger partial charge is 0.243 e. The van der Waals surface area contributed by atoms with Crippen molar-refractivity contribution in [2.75, 3.05) is 30.5 Å². The maximum atomic E-state index is 10.4. The number of hydrogen-bond acceptors (Lipinski definition) is 7. The van der Waals surface area contributed by atoms with Crippen LogP contribution in [0.25, 0.3) is 0 Å². The Balaban J connectivity index is 2.39. The summed E-state index contributed by atoms with van der Waals surface area (Å²) >= 11 is 0. The lowest BCUT2D eigenvalue weighted by molar-refractivity contribution is -0.122. The molecule has 0 saturated carbocycles. The fourth-order valence-corrected chi connectivity index (χ4v) is 1.19. The molecule has 94 valence electrons. The van der Waals surface area contributed by atoms with Crippen LogP contribution in [0.2, 0.25) is 0 Å². The van der Waals surface area contributed by atoms with E-state index in [1.807, 2.05) is 6.92 Å². The summed E-state index contributed by atoms with van der Waals surface area (Å²) in [5.74, 6) is 6.02. The van der Waals surface area contributed by atoms with E-state index in [4.69, 9.17) is 16.3 Å². The topological polar surface area (TPSA) is 128 Å². The Morgan fingerprint density at radius 1 is 1.47 bits per heavy atom. The molecule has 17 heavy (non-hydrogen) atoms. The van der Waals surface area contributed by atoms with Crippen molar-refractivity contribution in [3.8, 4) is 0 Å². The summed E-state index contributed by atoms with van der Waals surface area (Å²) in [4.78, 5) is 18.4. The van der Waals surface area contributed by atoms with Gasteiger partial charge in [-0.1, -0.05) is 0 Å². The first kappa shape index (κ1) is 13.1. The maximum Gasteiger partial charge on any atom is 0.243 e. The van der Waals surface area contributed by atoms with Crippen LogP contribution in [0.1, 0.15) is 5.56 Å². The number of hydrogen-bond donors (Lipinski definition) is 4. The molecular formula is C9H16N6O2. The highest BCUT2D eigenvalue weighted by molar-refractivity contribution is 5.74. The van der Waals surface area contributed by atoms with Gasteiger partial charge < -0.3 is 21.2 Å². The van der Waals surface area contributed by atoms with Crippen LogP contribution in [0.4, 0.5) is 11.6 Å². The molecule has 0 radical (unpaired) electrons. The number of aromatic nitrogens is 2. The number of carbonyl (C=O) groups is 1. The highest BCUT2D eigenvalue weighted by Crippen LogP contribution is 2.16. The van der Waals surface area contributed by atoms with Crippen molar-refractivity contribution in [2.24, 2.45) is 11.6 Å². The Labute approximate surface area is 98.7 Å². The fourth-order valence-electron chi connectivity index (χ4n) is 1.19. The Kier molecular flexibility index (Phi) is 5.11. The molecule has 6 N–H and O–H groups in total. The van der Waals surface area contributed by atoms with E-state index in [-0.39, 0.29) is 6.61 Å². The van der Waals surface area contributed by atoms with Crippen molar-refractivity contribution >= 4 is 17.5 Å². The highest BCUT2D eigenvalue weighted by atomic mass is 16.5. The van der Waals surface area contributed by atoms with Gasteiger partial charge in [0.25, 0.3) is 0 Å². The van der Waals surface area contributed by atoms with Gasteiger partial charge in [0, 0.05) is 12.1 Å². The molecule has 0 aliphatic rings. The lowest BCUT2D eigenvalue weighted by atomic mass is 10.3. The molecule has 0 aliphatic carbocycles. The van der Waals surface area contributed by atoms with E-state index in [1.165, 1.54) is 6.33 Å². The Morgan fingerprint density at radius 2 is 2.18 bits per heavy atom. The summed E-state index contributed by atoms with van der Waals surface area (Å²) in [6, 6.07) is 0. The molecule has 0 unspecified atom stereocenters. The minimum absolute atomic E-state index is 0.0833. The number of anilines is 2. The number of nitrogens with one attached hydrogen (secondary N) is 2. The van der Waals surface area contributed by atoms with Gasteiger partial charge in [0.1, 0.15) is 24.6 Å². The molecule has 8 heteroatoms. The highest BCUT2D eigenvalue weighted by Gasteiger charge is 2.04. The first-order valence-corrected chi connectivity index (χ1v) is 5.03. The third-order valence-electron chi connectivity index (χ3n) is 2.00. The van der Waals surface area contributed by atoms with Crippen molar-refractivity contribution in [3.05, 3.63) is 11.9 Å². The number of primary amides is 1. The third kappa shape index (κ3) is 4.21. The van der Waals surface area contributed by atoms with Gasteiger partial charge in [0.15, 0.2) is 0 Å². The van der Waals surface area contributed by atoms with E-state index in [0.29, 0.717) is 24.8 Å². The average Bonchev–Trinajstić information content (AvgIpc) is 2.30.